The summed E-state index contributed by atoms with van der Waals surface area (Å²) in [6.45, 7) is 6.42. The van der Waals surface area contributed by atoms with Crippen LogP contribution in [0.2, 0.25) is 0 Å². The van der Waals surface area contributed by atoms with E-state index in [0.717, 1.165) is 23.4 Å². The second kappa shape index (κ2) is 6.23. The van der Waals surface area contributed by atoms with E-state index < -0.39 is 15.4 Å². The molecule has 0 aliphatic carbocycles. The van der Waals surface area contributed by atoms with Gasteiger partial charge in [0.25, 0.3) is 10.0 Å². The Morgan fingerprint density at radius 3 is 2.33 bits per heavy atom. The first-order valence-corrected chi connectivity index (χ1v) is 10.5. The number of para-hydroxylation sites is 2. The average Bonchev–Trinajstić information content (AvgIpc) is 3.27. The van der Waals surface area contributed by atoms with Crippen LogP contribution >= 0.6 is 0 Å². The lowest BCUT2D eigenvalue weighted by atomic mass is 9.92. The highest BCUT2D eigenvalue weighted by molar-refractivity contribution is 7.93. The number of rotatable bonds is 3. The smallest absolute Gasteiger partial charge is 0.266 e. The molecular weight excluding hydrogens is 358 g/mol. The molecule has 6 heteroatoms. The molecule has 0 saturated heterocycles. The fourth-order valence-electron chi connectivity index (χ4n) is 3.46. The molecule has 0 bridgehead atoms. The van der Waals surface area contributed by atoms with Crippen LogP contribution in [-0.4, -0.2) is 24.7 Å². The van der Waals surface area contributed by atoms with Gasteiger partial charge in [0.15, 0.2) is 0 Å². The minimum Gasteiger partial charge on any atom is -0.266 e. The summed E-state index contributed by atoms with van der Waals surface area (Å²) in [5.41, 5.74) is 2.85. The van der Waals surface area contributed by atoms with Crippen LogP contribution in [0.25, 0.3) is 5.69 Å². The molecule has 0 fully saturated rings. The van der Waals surface area contributed by atoms with Crippen molar-refractivity contribution in [1.82, 2.24) is 9.78 Å². The highest BCUT2D eigenvalue weighted by Crippen LogP contribution is 2.36. The first-order valence-electron chi connectivity index (χ1n) is 9.05. The zero-order valence-corrected chi connectivity index (χ0v) is 16.6. The van der Waals surface area contributed by atoms with Crippen molar-refractivity contribution in [3.8, 4) is 5.69 Å². The van der Waals surface area contributed by atoms with Crippen molar-refractivity contribution in [1.29, 1.82) is 0 Å². The van der Waals surface area contributed by atoms with Crippen LogP contribution in [0.15, 0.2) is 65.7 Å². The Labute approximate surface area is 160 Å². The van der Waals surface area contributed by atoms with Crippen molar-refractivity contribution in [3.63, 3.8) is 0 Å². The van der Waals surface area contributed by atoms with E-state index >= 15 is 0 Å². The lowest BCUT2D eigenvalue weighted by molar-refractivity contribution is 0.541. The van der Waals surface area contributed by atoms with Gasteiger partial charge < -0.3 is 0 Å². The second-order valence-corrected chi connectivity index (χ2v) is 9.66. The first-order chi connectivity index (χ1) is 12.8. The number of benzene rings is 2. The molecule has 0 unspecified atom stereocenters. The van der Waals surface area contributed by atoms with E-state index in [9.17, 15) is 8.42 Å². The number of fused-ring (bicyclic) bond motifs is 1. The molecule has 0 atom stereocenters. The third-order valence-corrected chi connectivity index (χ3v) is 6.64. The van der Waals surface area contributed by atoms with Crippen LogP contribution in [0.3, 0.4) is 0 Å². The van der Waals surface area contributed by atoms with Gasteiger partial charge in [0.1, 0.15) is 4.90 Å². The van der Waals surface area contributed by atoms with Crippen molar-refractivity contribution < 1.29 is 8.42 Å². The van der Waals surface area contributed by atoms with Crippen molar-refractivity contribution in [2.75, 3.05) is 10.8 Å². The quantitative estimate of drug-likeness (QED) is 0.691. The largest absolute Gasteiger partial charge is 0.267 e. The molecule has 0 radical (unpaired) electrons. The molecule has 27 heavy (non-hydrogen) atoms. The normalized spacial score (nSPS) is 14.4. The van der Waals surface area contributed by atoms with Gasteiger partial charge in [-0.15, -0.1) is 0 Å². The molecule has 0 amide bonds. The van der Waals surface area contributed by atoms with E-state index in [-0.39, 0.29) is 4.90 Å². The number of hydrogen-bond acceptors (Lipinski definition) is 3. The zero-order valence-electron chi connectivity index (χ0n) is 15.8. The molecule has 2 heterocycles. The number of nitrogens with zero attached hydrogens (tertiary/aromatic N) is 3. The monoisotopic (exact) mass is 381 g/mol. The summed E-state index contributed by atoms with van der Waals surface area (Å²) in [7, 11) is -3.70. The number of hydrogen-bond donors (Lipinski definition) is 0. The Balaban J connectivity index is 1.87. The Bertz CT molecular complexity index is 1080. The van der Waals surface area contributed by atoms with E-state index in [0.29, 0.717) is 12.2 Å². The van der Waals surface area contributed by atoms with Crippen molar-refractivity contribution >= 4 is 15.7 Å². The van der Waals surface area contributed by atoms with E-state index in [1.165, 1.54) is 4.31 Å². The Hall–Kier alpha value is -2.60. The third-order valence-electron chi connectivity index (χ3n) is 4.82. The molecule has 0 saturated carbocycles. The zero-order chi connectivity index (χ0) is 19.2. The lowest BCUT2D eigenvalue weighted by Crippen LogP contribution is -2.31. The summed E-state index contributed by atoms with van der Waals surface area (Å²) in [6.07, 6.45) is 2.37. The van der Waals surface area contributed by atoms with Crippen LogP contribution in [-0.2, 0) is 21.9 Å². The minimum atomic E-state index is -3.70. The number of sulfonamides is 1. The van der Waals surface area contributed by atoms with Gasteiger partial charge in [-0.25, -0.2) is 13.1 Å². The Morgan fingerprint density at radius 2 is 1.63 bits per heavy atom. The average molecular weight is 382 g/mol. The van der Waals surface area contributed by atoms with Crippen LogP contribution in [0.5, 0.6) is 0 Å². The van der Waals surface area contributed by atoms with E-state index in [4.69, 9.17) is 0 Å². The van der Waals surface area contributed by atoms with Gasteiger partial charge in [-0.05, 0) is 30.2 Å². The maximum atomic E-state index is 13.6. The first kappa shape index (κ1) is 17.8. The maximum Gasteiger partial charge on any atom is 0.267 e. The maximum absolute atomic E-state index is 13.6. The summed E-state index contributed by atoms with van der Waals surface area (Å²) in [5.74, 6) is 0. The molecule has 5 nitrogen and oxygen atoms in total. The van der Waals surface area contributed by atoms with Crippen LogP contribution in [0, 0.1) is 0 Å². The third kappa shape index (κ3) is 3.04. The second-order valence-electron chi connectivity index (χ2n) is 7.83. The van der Waals surface area contributed by atoms with E-state index in [1.54, 1.807) is 10.9 Å². The molecule has 140 valence electrons. The summed E-state index contributed by atoms with van der Waals surface area (Å²) < 4.78 is 30.3. The summed E-state index contributed by atoms with van der Waals surface area (Å²) in [4.78, 5) is 0.274. The molecule has 3 aromatic rings. The van der Waals surface area contributed by atoms with Gasteiger partial charge in [0.05, 0.1) is 23.3 Å². The summed E-state index contributed by atoms with van der Waals surface area (Å²) in [6, 6.07) is 17.3. The number of aromatic nitrogens is 2. The summed E-state index contributed by atoms with van der Waals surface area (Å²) in [5, 5.41) is 4.66. The molecule has 2 aromatic carbocycles. The molecular formula is C21H23N3O2S. The van der Waals surface area contributed by atoms with Gasteiger partial charge in [-0.2, -0.15) is 5.10 Å². The SMILES string of the molecule is CC(C)(C)c1nn(-c2ccccc2)cc1S(=O)(=O)N1CCc2ccccc21. The highest BCUT2D eigenvalue weighted by atomic mass is 32.2. The molecule has 0 spiro atoms. The van der Waals surface area contributed by atoms with Gasteiger partial charge in [-0.3, -0.25) is 4.31 Å². The van der Waals surface area contributed by atoms with Crippen LogP contribution in [0.4, 0.5) is 5.69 Å². The minimum absolute atomic E-state index is 0.274. The Kier molecular flexibility index (Phi) is 4.11. The molecule has 0 N–H and O–H groups in total. The van der Waals surface area contributed by atoms with Crippen molar-refractivity contribution in [2.24, 2.45) is 0 Å². The molecule has 4 rings (SSSR count). The molecule has 1 aliphatic rings. The van der Waals surface area contributed by atoms with Gasteiger partial charge >= 0.3 is 0 Å². The predicted molar refractivity (Wildman–Crippen MR) is 107 cm³/mol. The van der Waals surface area contributed by atoms with Gasteiger partial charge in [-0.1, -0.05) is 57.2 Å². The van der Waals surface area contributed by atoms with Crippen molar-refractivity contribution in [3.05, 3.63) is 72.1 Å². The summed E-state index contributed by atoms with van der Waals surface area (Å²) >= 11 is 0. The predicted octanol–water partition coefficient (Wildman–Crippen LogP) is 3.92. The molecule has 1 aromatic heterocycles. The topological polar surface area (TPSA) is 55.2 Å². The van der Waals surface area contributed by atoms with Crippen molar-refractivity contribution in [2.45, 2.75) is 37.5 Å². The van der Waals surface area contributed by atoms with Gasteiger partial charge in [0.2, 0.25) is 0 Å². The van der Waals surface area contributed by atoms with Gasteiger partial charge in [0, 0.05) is 12.0 Å². The van der Waals surface area contributed by atoms with Crippen LogP contribution in [0.1, 0.15) is 32.0 Å². The standard InChI is InChI=1S/C21H23N3O2S/c1-21(2,3)20-19(15-23(22-20)17-10-5-4-6-11-17)27(25,26)24-14-13-16-9-7-8-12-18(16)24/h4-12,15H,13-14H2,1-3H3. The Morgan fingerprint density at radius 1 is 0.963 bits per heavy atom. The molecule has 1 aliphatic heterocycles. The lowest BCUT2D eigenvalue weighted by Gasteiger charge is -2.22. The number of anilines is 1. The van der Waals surface area contributed by atoms with Crippen LogP contribution < -0.4 is 4.31 Å². The highest BCUT2D eigenvalue weighted by Gasteiger charge is 2.36. The van der Waals surface area contributed by atoms with E-state index in [2.05, 4.69) is 5.10 Å². The fourth-order valence-corrected chi connectivity index (χ4v) is 5.29. The fraction of sp³-hybridized carbons (Fsp3) is 0.286. The van der Waals surface area contributed by atoms with E-state index in [1.807, 2.05) is 75.4 Å².